The number of hydrogen-bond acceptors (Lipinski definition) is 3. The number of carbonyl (C=O) groups is 2. The molecule has 0 fully saturated rings. The van der Waals surface area contributed by atoms with Crippen LogP contribution < -0.4 is 5.32 Å². The van der Waals surface area contributed by atoms with Gasteiger partial charge in [0.25, 0.3) is 5.91 Å². The van der Waals surface area contributed by atoms with Crippen molar-refractivity contribution in [3.8, 4) is 0 Å². The third kappa shape index (κ3) is 5.01. The number of rotatable bonds is 5. The van der Waals surface area contributed by atoms with Gasteiger partial charge in [0.2, 0.25) is 0 Å². The summed E-state index contributed by atoms with van der Waals surface area (Å²) in [4.78, 5) is 35.5. The standard InChI is InChI=1S/C24H21FN4O2/c1-16-6-12-19(13-7-16)26-24(31)29(14-17-8-10-18(25)11-9-17)15-22-27-21-5-3-2-4-20(21)23(30)28-22/h2-13,20H,14-15H2,1H3,(H,26,31). The zero-order chi connectivity index (χ0) is 21.8. The van der Waals surface area contributed by atoms with E-state index in [0.29, 0.717) is 11.4 Å². The van der Waals surface area contributed by atoms with Gasteiger partial charge in [-0.1, -0.05) is 48.1 Å². The molecular weight excluding hydrogens is 395 g/mol. The average Bonchev–Trinajstić information content (AvgIpc) is 2.76. The van der Waals surface area contributed by atoms with Crippen LogP contribution in [-0.2, 0) is 11.3 Å². The Morgan fingerprint density at radius 1 is 1.03 bits per heavy atom. The predicted molar refractivity (Wildman–Crippen MR) is 119 cm³/mol. The second-order valence-electron chi connectivity index (χ2n) is 7.40. The fraction of sp³-hybridized carbons (Fsp3) is 0.167. The molecule has 1 N–H and O–H groups in total. The molecule has 156 valence electrons. The highest BCUT2D eigenvalue weighted by Crippen LogP contribution is 2.18. The van der Waals surface area contributed by atoms with Crippen LogP contribution in [0.5, 0.6) is 0 Å². The highest BCUT2D eigenvalue weighted by Gasteiger charge is 2.27. The Labute approximate surface area is 179 Å². The molecule has 1 atom stereocenters. The molecule has 7 heteroatoms. The molecule has 1 heterocycles. The Morgan fingerprint density at radius 2 is 1.77 bits per heavy atom. The van der Waals surface area contributed by atoms with Gasteiger partial charge in [-0.25, -0.2) is 14.2 Å². The van der Waals surface area contributed by atoms with Gasteiger partial charge in [-0.2, -0.15) is 4.99 Å². The molecule has 6 nitrogen and oxygen atoms in total. The number of halogens is 1. The van der Waals surface area contributed by atoms with Gasteiger partial charge in [-0.15, -0.1) is 0 Å². The molecule has 2 aromatic carbocycles. The summed E-state index contributed by atoms with van der Waals surface area (Å²) in [5.74, 6) is -0.865. The maximum Gasteiger partial charge on any atom is 0.322 e. The van der Waals surface area contributed by atoms with Crippen LogP contribution in [0.15, 0.2) is 82.8 Å². The Bertz CT molecular complexity index is 1120. The van der Waals surface area contributed by atoms with Crippen molar-refractivity contribution in [3.63, 3.8) is 0 Å². The van der Waals surface area contributed by atoms with Crippen molar-refractivity contribution in [2.75, 3.05) is 11.9 Å². The fourth-order valence-electron chi connectivity index (χ4n) is 3.31. The molecule has 1 aliphatic carbocycles. The van der Waals surface area contributed by atoms with Gasteiger partial charge in [-0.05, 0) is 42.8 Å². The topological polar surface area (TPSA) is 74.1 Å². The second kappa shape index (κ2) is 8.87. The quantitative estimate of drug-likeness (QED) is 0.790. The van der Waals surface area contributed by atoms with E-state index in [0.717, 1.165) is 11.1 Å². The van der Waals surface area contributed by atoms with Crippen molar-refractivity contribution in [3.05, 3.63) is 89.8 Å². The van der Waals surface area contributed by atoms with Crippen LogP contribution in [0, 0.1) is 18.7 Å². The first-order valence-corrected chi connectivity index (χ1v) is 9.90. The van der Waals surface area contributed by atoms with Crippen LogP contribution in [0.4, 0.5) is 14.9 Å². The number of urea groups is 1. The van der Waals surface area contributed by atoms with E-state index in [1.165, 1.54) is 17.0 Å². The fourth-order valence-corrected chi connectivity index (χ4v) is 3.31. The normalized spacial score (nSPS) is 17.0. The summed E-state index contributed by atoms with van der Waals surface area (Å²) >= 11 is 0. The van der Waals surface area contributed by atoms with E-state index in [4.69, 9.17) is 0 Å². The van der Waals surface area contributed by atoms with Crippen molar-refractivity contribution >= 4 is 29.2 Å². The summed E-state index contributed by atoms with van der Waals surface area (Å²) in [5.41, 5.74) is 3.08. The number of nitrogens with one attached hydrogen (secondary N) is 1. The number of aliphatic imine (C=N–C) groups is 2. The lowest BCUT2D eigenvalue weighted by atomic mass is 9.96. The number of benzene rings is 2. The summed E-state index contributed by atoms with van der Waals surface area (Å²) in [7, 11) is 0. The molecule has 1 aliphatic heterocycles. The number of amides is 3. The lowest BCUT2D eigenvalue weighted by Crippen LogP contribution is -2.40. The third-order valence-electron chi connectivity index (χ3n) is 4.97. The molecule has 4 rings (SSSR count). The molecule has 0 radical (unpaired) electrons. The molecule has 0 aromatic heterocycles. The van der Waals surface area contributed by atoms with Gasteiger partial charge in [0.05, 0.1) is 12.3 Å². The minimum Gasteiger partial charge on any atom is -0.313 e. The minimum atomic E-state index is -0.472. The number of aryl methyl sites for hydroxylation is 1. The van der Waals surface area contributed by atoms with Crippen LogP contribution in [0.25, 0.3) is 0 Å². The lowest BCUT2D eigenvalue weighted by Gasteiger charge is -2.25. The minimum absolute atomic E-state index is 0.0363. The van der Waals surface area contributed by atoms with Crippen molar-refractivity contribution < 1.29 is 14.0 Å². The summed E-state index contributed by atoms with van der Waals surface area (Å²) in [6.07, 6.45) is 7.12. The van der Waals surface area contributed by atoms with E-state index in [-0.39, 0.29) is 36.7 Å². The van der Waals surface area contributed by atoms with E-state index in [1.54, 1.807) is 30.4 Å². The van der Waals surface area contributed by atoms with Gasteiger partial charge in [0.15, 0.2) is 5.84 Å². The summed E-state index contributed by atoms with van der Waals surface area (Å²) in [5, 5.41) is 2.86. The highest BCUT2D eigenvalue weighted by atomic mass is 19.1. The van der Waals surface area contributed by atoms with Crippen LogP contribution in [0.2, 0.25) is 0 Å². The van der Waals surface area contributed by atoms with Crippen LogP contribution in [0.1, 0.15) is 11.1 Å². The molecule has 0 spiro atoms. The molecule has 0 saturated heterocycles. The summed E-state index contributed by atoms with van der Waals surface area (Å²) in [6, 6.07) is 13.0. The summed E-state index contributed by atoms with van der Waals surface area (Å²) < 4.78 is 13.3. The van der Waals surface area contributed by atoms with Crippen molar-refractivity contribution in [2.45, 2.75) is 13.5 Å². The number of anilines is 1. The van der Waals surface area contributed by atoms with E-state index < -0.39 is 5.92 Å². The van der Waals surface area contributed by atoms with E-state index >= 15 is 0 Å². The molecule has 2 aromatic rings. The third-order valence-corrected chi connectivity index (χ3v) is 4.97. The molecule has 0 bridgehead atoms. The first-order valence-electron chi connectivity index (χ1n) is 9.90. The Kier molecular flexibility index (Phi) is 5.84. The van der Waals surface area contributed by atoms with E-state index in [9.17, 15) is 14.0 Å². The largest absolute Gasteiger partial charge is 0.322 e. The van der Waals surface area contributed by atoms with Gasteiger partial charge in [0, 0.05) is 12.2 Å². The summed E-state index contributed by atoms with van der Waals surface area (Å²) in [6.45, 7) is 2.20. The van der Waals surface area contributed by atoms with Gasteiger partial charge < -0.3 is 10.2 Å². The van der Waals surface area contributed by atoms with Gasteiger partial charge in [-0.3, -0.25) is 4.79 Å². The van der Waals surface area contributed by atoms with E-state index in [1.807, 2.05) is 37.3 Å². The maximum absolute atomic E-state index is 13.3. The van der Waals surface area contributed by atoms with E-state index in [2.05, 4.69) is 15.3 Å². The number of nitrogens with zero attached hydrogens (tertiary/aromatic N) is 3. The zero-order valence-corrected chi connectivity index (χ0v) is 17.0. The zero-order valence-electron chi connectivity index (χ0n) is 17.0. The van der Waals surface area contributed by atoms with Crippen molar-refractivity contribution in [1.82, 2.24) is 4.90 Å². The molecule has 31 heavy (non-hydrogen) atoms. The number of allylic oxidation sites excluding steroid dienone is 3. The molecule has 3 amide bonds. The average molecular weight is 416 g/mol. The molecule has 0 saturated carbocycles. The van der Waals surface area contributed by atoms with Crippen LogP contribution in [-0.4, -0.2) is 34.9 Å². The smallest absolute Gasteiger partial charge is 0.313 e. The number of amidine groups is 1. The number of carbonyl (C=O) groups excluding carboxylic acids is 2. The Balaban J connectivity index is 1.56. The van der Waals surface area contributed by atoms with Gasteiger partial charge >= 0.3 is 6.03 Å². The highest BCUT2D eigenvalue weighted by molar-refractivity contribution is 6.21. The first-order chi connectivity index (χ1) is 15.0. The SMILES string of the molecule is Cc1ccc(NC(=O)N(CC2=NC(=O)C3C=CC=CC3=N2)Cc2ccc(F)cc2)cc1. The number of hydrogen-bond donors (Lipinski definition) is 1. The van der Waals surface area contributed by atoms with Crippen LogP contribution >= 0.6 is 0 Å². The maximum atomic E-state index is 13.3. The van der Waals surface area contributed by atoms with Crippen LogP contribution in [0.3, 0.4) is 0 Å². The molecule has 1 unspecified atom stereocenters. The Morgan fingerprint density at radius 3 is 2.52 bits per heavy atom. The van der Waals surface area contributed by atoms with Crippen molar-refractivity contribution in [2.24, 2.45) is 15.9 Å². The van der Waals surface area contributed by atoms with Crippen molar-refractivity contribution in [1.29, 1.82) is 0 Å². The Hall–Kier alpha value is -3.87. The lowest BCUT2D eigenvalue weighted by molar-refractivity contribution is -0.118. The molecular formula is C24H21FN4O2. The first kappa shape index (κ1) is 20.4. The second-order valence-corrected chi connectivity index (χ2v) is 7.40. The van der Waals surface area contributed by atoms with Gasteiger partial charge in [0.1, 0.15) is 11.7 Å². The number of fused-ring (bicyclic) bond motifs is 1. The predicted octanol–water partition coefficient (Wildman–Crippen LogP) is 4.29. The monoisotopic (exact) mass is 416 g/mol. The molecule has 2 aliphatic rings.